The van der Waals surface area contributed by atoms with E-state index in [-0.39, 0.29) is 0 Å². The summed E-state index contributed by atoms with van der Waals surface area (Å²) in [6, 6.07) is 1.90. The van der Waals surface area contributed by atoms with Gasteiger partial charge in [0.05, 0.1) is 16.9 Å². The van der Waals surface area contributed by atoms with Gasteiger partial charge in [0.25, 0.3) is 0 Å². The van der Waals surface area contributed by atoms with E-state index in [9.17, 15) is 0 Å². The quantitative estimate of drug-likeness (QED) is 0.719. The molecule has 4 heteroatoms. The Morgan fingerprint density at radius 2 is 2.07 bits per heavy atom. The number of aryl methyl sites for hydroxylation is 2. The maximum absolute atomic E-state index is 5.98. The smallest absolute Gasteiger partial charge is 0.0624 e. The first kappa shape index (κ1) is 9.21. The summed E-state index contributed by atoms with van der Waals surface area (Å²) in [5, 5.41) is 4.78. The molecule has 3 nitrogen and oxygen atoms in total. The molecule has 0 bridgehead atoms. The van der Waals surface area contributed by atoms with E-state index in [1.54, 1.807) is 17.1 Å². The van der Waals surface area contributed by atoms with Gasteiger partial charge in [0.1, 0.15) is 0 Å². The highest BCUT2D eigenvalue weighted by atomic mass is 35.5. The molecule has 0 N–H and O–H groups in total. The predicted octanol–water partition coefficient (Wildman–Crippen LogP) is 2.44. The van der Waals surface area contributed by atoms with Gasteiger partial charge in [-0.1, -0.05) is 11.6 Å². The van der Waals surface area contributed by atoms with E-state index in [2.05, 4.69) is 10.1 Å². The van der Waals surface area contributed by atoms with Crippen LogP contribution in [0.1, 0.15) is 5.69 Å². The van der Waals surface area contributed by atoms with Crippen LogP contribution in [0, 0.1) is 6.92 Å². The van der Waals surface area contributed by atoms with Crippen LogP contribution in [0.4, 0.5) is 0 Å². The zero-order valence-corrected chi connectivity index (χ0v) is 8.78. The van der Waals surface area contributed by atoms with Crippen LogP contribution in [-0.4, -0.2) is 14.8 Å². The fourth-order valence-corrected chi connectivity index (χ4v) is 1.40. The zero-order chi connectivity index (χ0) is 10.1. The first-order chi connectivity index (χ1) is 6.66. The molecule has 0 aromatic carbocycles. The van der Waals surface area contributed by atoms with Crippen molar-refractivity contribution in [3.05, 3.63) is 35.4 Å². The van der Waals surface area contributed by atoms with Gasteiger partial charge in [-0.25, -0.2) is 0 Å². The number of hydrogen-bond donors (Lipinski definition) is 0. The molecular formula is C10H10ClN3. The molecule has 2 rings (SSSR count). The Balaban J connectivity index is 2.47. The van der Waals surface area contributed by atoms with Crippen LogP contribution in [0.3, 0.4) is 0 Å². The molecule has 0 saturated carbocycles. The molecule has 0 amide bonds. The fourth-order valence-electron chi connectivity index (χ4n) is 1.23. The molecule has 0 spiro atoms. The third-order valence-corrected chi connectivity index (χ3v) is 2.45. The summed E-state index contributed by atoms with van der Waals surface area (Å²) in [6.07, 6.45) is 5.53. The lowest BCUT2D eigenvalue weighted by Crippen LogP contribution is -1.85. The highest BCUT2D eigenvalue weighted by Gasteiger charge is 2.03. The van der Waals surface area contributed by atoms with Crippen molar-refractivity contribution in [2.45, 2.75) is 6.92 Å². The van der Waals surface area contributed by atoms with E-state index in [0.717, 1.165) is 16.8 Å². The van der Waals surface area contributed by atoms with Gasteiger partial charge in [0, 0.05) is 30.6 Å². The average molecular weight is 208 g/mol. The Bertz CT molecular complexity index is 462. The predicted molar refractivity (Wildman–Crippen MR) is 56.2 cm³/mol. The SMILES string of the molecule is Cc1ncc(-c2cnn(C)c2)cc1Cl. The minimum Gasteiger partial charge on any atom is -0.275 e. The average Bonchev–Trinajstić information content (AvgIpc) is 2.57. The number of hydrogen-bond acceptors (Lipinski definition) is 2. The maximum Gasteiger partial charge on any atom is 0.0624 e. The molecule has 0 saturated heterocycles. The van der Waals surface area contributed by atoms with Gasteiger partial charge in [0.2, 0.25) is 0 Å². The summed E-state index contributed by atoms with van der Waals surface area (Å²) in [4.78, 5) is 4.20. The van der Waals surface area contributed by atoms with Crippen LogP contribution in [0.25, 0.3) is 11.1 Å². The largest absolute Gasteiger partial charge is 0.275 e. The topological polar surface area (TPSA) is 30.7 Å². The van der Waals surface area contributed by atoms with Crippen molar-refractivity contribution in [2.75, 3.05) is 0 Å². The van der Waals surface area contributed by atoms with Crippen molar-refractivity contribution in [3.63, 3.8) is 0 Å². The van der Waals surface area contributed by atoms with Crippen LogP contribution >= 0.6 is 11.6 Å². The van der Waals surface area contributed by atoms with Crippen LogP contribution in [-0.2, 0) is 7.05 Å². The first-order valence-electron chi connectivity index (χ1n) is 4.28. The van der Waals surface area contributed by atoms with Crippen molar-refractivity contribution in [1.29, 1.82) is 0 Å². The monoisotopic (exact) mass is 207 g/mol. The van der Waals surface area contributed by atoms with Gasteiger partial charge in [-0.3, -0.25) is 9.67 Å². The molecule has 2 aromatic heterocycles. The number of pyridine rings is 1. The molecular weight excluding hydrogens is 198 g/mol. The van der Waals surface area contributed by atoms with E-state index in [0.29, 0.717) is 5.02 Å². The van der Waals surface area contributed by atoms with Crippen molar-refractivity contribution >= 4 is 11.6 Å². The molecule has 2 heterocycles. The molecule has 0 atom stereocenters. The Labute approximate surface area is 87.3 Å². The molecule has 0 unspecified atom stereocenters. The standard InChI is InChI=1S/C10H10ClN3/c1-7-10(11)3-8(4-12-7)9-5-13-14(2)6-9/h3-6H,1-2H3. The van der Waals surface area contributed by atoms with Gasteiger partial charge in [-0.15, -0.1) is 0 Å². The summed E-state index contributed by atoms with van der Waals surface area (Å²) in [6.45, 7) is 1.88. The molecule has 0 fully saturated rings. The van der Waals surface area contributed by atoms with Crippen LogP contribution < -0.4 is 0 Å². The molecule has 72 valence electrons. The summed E-state index contributed by atoms with van der Waals surface area (Å²) >= 11 is 5.98. The van der Waals surface area contributed by atoms with Gasteiger partial charge in [0.15, 0.2) is 0 Å². The van der Waals surface area contributed by atoms with Crippen LogP contribution in [0.2, 0.25) is 5.02 Å². The van der Waals surface area contributed by atoms with E-state index in [4.69, 9.17) is 11.6 Å². The Morgan fingerprint density at radius 3 is 2.64 bits per heavy atom. The van der Waals surface area contributed by atoms with Gasteiger partial charge in [-0.2, -0.15) is 5.10 Å². The van der Waals surface area contributed by atoms with Gasteiger partial charge in [-0.05, 0) is 13.0 Å². The molecule has 0 aliphatic rings. The van der Waals surface area contributed by atoms with Crippen molar-refractivity contribution in [3.8, 4) is 11.1 Å². The van der Waals surface area contributed by atoms with Gasteiger partial charge < -0.3 is 0 Å². The van der Waals surface area contributed by atoms with E-state index in [1.807, 2.05) is 26.2 Å². The lowest BCUT2D eigenvalue weighted by molar-refractivity contribution is 0.768. The minimum atomic E-state index is 0.686. The van der Waals surface area contributed by atoms with E-state index >= 15 is 0 Å². The van der Waals surface area contributed by atoms with Crippen LogP contribution in [0.15, 0.2) is 24.7 Å². The van der Waals surface area contributed by atoms with Gasteiger partial charge >= 0.3 is 0 Å². The molecule has 2 aromatic rings. The third kappa shape index (κ3) is 1.63. The summed E-state index contributed by atoms with van der Waals surface area (Å²) in [7, 11) is 1.88. The summed E-state index contributed by atoms with van der Waals surface area (Å²) in [5.74, 6) is 0. The number of rotatable bonds is 1. The maximum atomic E-state index is 5.98. The second kappa shape index (κ2) is 3.42. The van der Waals surface area contributed by atoms with Crippen molar-refractivity contribution in [1.82, 2.24) is 14.8 Å². The second-order valence-corrected chi connectivity index (χ2v) is 3.60. The molecule has 0 aliphatic heterocycles. The number of nitrogens with zero attached hydrogens (tertiary/aromatic N) is 3. The second-order valence-electron chi connectivity index (χ2n) is 3.19. The fraction of sp³-hybridized carbons (Fsp3) is 0.200. The minimum absolute atomic E-state index is 0.686. The molecule has 0 aliphatic carbocycles. The molecule has 14 heavy (non-hydrogen) atoms. The lowest BCUT2D eigenvalue weighted by Gasteiger charge is -1.99. The highest BCUT2D eigenvalue weighted by molar-refractivity contribution is 6.31. The van der Waals surface area contributed by atoms with E-state index < -0.39 is 0 Å². The van der Waals surface area contributed by atoms with Crippen LogP contribution in [0.5, 0.6) is 0 Å². The lowest BCUT2D eigenvalue weighted by atomic mass is 10.1. The van der Waals surface area contributed by atoms with Crippen molar-refractivity contribution < 1.29 is 0 Å². The molecule has 0 radical (unpaired) electrons. The number of halogens is 1. The van der Waals surface area contributed by atoms with Crippen molar-refractivity contribution in [2.24, 2.45) is 7.05 Å². The Kier molecular flexibility index (Phi) is 2.25. The summed E-state index contributed by atoms with van der Waals surface area (Å²) < 4.78 is 1.75. The van der Waals surface area contributed by atoms with E-state index in [1.165, 1.54) is 0 Å². The normalized spacial score (nSPS) is 10.5. The Hall–Kier alpha value is -1.35. The third-order valence-electron chi connectivity index (χ3n) is 2.06. The summed E-state index contributed by atoms with van der Waals surface area (Å²) in [5.41, 5.74) is 2.87. The highest BCUT2D eigenvalue weighted by Crippen LogP contribution is 2.22. The number of aromatic nitrogens is 3. The Morgan fingerprint density at radius 1 is 1.29 bits per heavy atom. The first-order valence-corrected chi connectivity index (χ1v) is 4.66. The zero-order valence-electron chi connectivity index (χ0n) is 8.03.